The van der Waals surface area contributed by atoms with Crippen LogP contribution in [0.5, 0.6) is 0 Å². The number of hydrogen-bond acceptors (Lipinski definition) is 4. The summed E-state index contributed by atoms with van der Waals surface area (Å²) in [4.78, 5) is 25.3. The van der Waals surface area contributed by atoms with Crippen molar-refractivity contribution >= 4 is 11.9 Å². The van der Waals surface area contributed by atoms with Gasteiger partial charge in [0.2, 0.25) is 0 Å². The molecule has 0 saturated heterocycles. The number of rotatable bonds is 3. The molecule has 0 aliphatic carbocycles. The Kier molecular flexibility index (Phi) is 3.49. The lowest BCUT2D eigenvalue weighted by Crippen LogP contribution is -2.10. The fourth-order valence-corrected chi connectivity index (χ4v) is 1.29. The zero-order chi connectivity index (χ0) is 11.4. The van der Waals surface area contributed by atoms with E-state index in [0.717, 1.165) is 5.69 Å². The number of aromatic amines is 1. The van der Waals surface area contributed by atoms with E-state index in [-0.39, 0.29) is 6.42 Å². The van der Waals surface area contributed by atoms with E-state index in [0.29, 0.717) is 11.3 Å². The number of methoxy groups -OCH3 is 2. The molecule has 5 heteroatoms. The van der Waals surface area contributed by atoms with E-state index >= 15 is 0 Å². The number of nitrogens with one attached hydrogen (secondary N) is 1. The van der Waals surface area contributed by atoms with Crippen LogP contribution in [0.15, 0.2) is 6.07 Å². The molecular weight excluding hydrogens is 198 g/mol. The van der Waals surface area contributed by atoms with E-state index in [4.69, 9.17) is 0 Å². The quantitative estimate of drug-likeness (QED) is 0.752. The molecule has 1 rings (SSSR count). The lowest BCUT2D eigenvalue weighted by atomic mass is 10.2. The Hall–Kier alpha value is -1.78. The van der Waals surface area contributed by atoms with Gasteiger partial charge in [0.1, 0.15) is 0 Å². The van der Waals surface area contributed by atoms with Crippen molar-refractivity contribution < 1.29 is 19.1 Å². The normalized spacial score (nSPS) is 9.80. The number of carbonyl (C=O) groups excluding carboxylic acids is 2. The van der Waals surface area contributed by atoms with Gasteiger partial charge in [-0.3, -0.25) is 4.79 Å². The maximum atomic E-state index is 11.3. The number of H-pyrrole nitrogens is 1. The minimum atomic E-state index is -0.460. The van der Waals surface area contributed by atoms with E-state index in [1.165, 1.54) is 14.2 Å². The molecule has 0 radical (unpaired) electrons. The van der Waals surface area contributed by atoms with Gasteiger partial charge in [-0.05, 0) is 13.0 Å². The summed E-state index contributed by atoms with van der Waals surface area (Å²) < 4.78 is 9.12. The van der Waals surface area contributed by atoms with Crippen LogP contribution in [0.3, 0.4) is 0 Å². The van der Waals surface area contributed by atoms with Crippen LogP contribution in [0, 0.1) is 6.92 Å². The van der Waals surface area contributed by atoms with Gasteiger partial charge in [-0.25, -0.2) is 4.79 Å². The highest BCUT2D eigenvalue weighted by molar-refractivity contribution is 5.92. The number of aryl methyl sites for hydroxylation is 1. The van der Waals surface area contributed by atoms with Crippen LogP contribution in [-0.4, -0.2) is 31.1 Å². The molecule has 0 aliphatic rings. The standard InChI is InChI=1S/C10H13NO4/c1-6-4-7(10(13)15-3)8(11-6)5-9(12)14-2/h4,11H,5H2,1-3H3. The number of esters is 2. The first-order valence-electron chi connectivity index (χ1n) is 4.42. The van der Waals surface area contributed by atoms with Crippen LogP contribution < -0.4 is 0 Å². The van der Waals surface area contributed by atoms with Gasteiger partial charge in [0, 0.05) is 11.4 Å². The molecule has 0 aliphatic heterocycles. The van der Waals surface area contributed by atoms with Gasteiger partial charge in [-0.15, -0.1) is 0 Å². The van der Waals surface area contributed by atoms with Gasteiger partial charge in [-0.2, -0.15) is 0 Å². The van der Waals surface area contributed by atoms with Gasteiger partial charge in [0.25, 0.3) is 0 Å². The molecule has 82 valence electrons. The number of carbonyl (C=O) groups is 2. The molecule has 5 nitrogen and oxygen atoms in total. The van der Waals surface area contributed by atoms with Crippen molar-refractivity contribution in [2.75, 3.05) is 14.2 Å². The average molecular weight is 211 g/mol. The minimum absolute atomic E-state index is 0.0365. The zero-order valence-corrected chi connectivity index (χ0v) is 8.92. The van der Waals surface area contributed by atoms with Gasteiger partial charge in [0.05, 0.1) is 26.2 Å². The van der Waals surface area contributed by atoms with Gasteiger partial charge < -0.3 is 14.5 Å². The van der Waals surface area contributed by atoms with Crippen molar-refractivity contribution in [1.82, 2.24) is 4.98 Å². The number of ether oxygens (including phenoxy) is 2. The van der Waals surface area contributed by atoms with Crippen LogP contribution in [0.25, 0.3) is 0 Å². The van der Waals surface area contributed by atoms with Crippen molar-refractivity contribution in [3.63, 3.8) is 0 Å². The predicted molar refractivity (Wildman–Crippen MR) is 52.6 cm³/mol. The maximum Gasteiger partial charge on any atom is 0.339 e. The van der Waals surface area contributed by atoms with E-state index in [2.05, 4.69) is 14.5 Å². The van der Waals surface area contributed by atoms with Gasteiger partial charge in [-0.1, -0.05) is 0 Å². The minimum Gasteiger partial charge on any atom is -0.469 e. The van der Waals surface area contributed by atoms with Crippen LogP contribution >= 0.6 is 0 Å². The molecule has 0 spiro atoms. The molecule has 0 atom stereocenters. The van der Waals surface area contributed by atoms with Crippen LogP contribution in [0.2, 0.25) is 0 Å². The summed E-state index contributed by atoms with van der Waals surface area (Å²) in [7, 11) is 2.60. The topological polar surface area (TPSA) is 68.4 Å². The molecule has 0 saturated carbocycles. The molecule has 0 unspecified atom stereocenters. The highest BCUT2D eigenvalue weighted by Crippen LogP contribution is 2.12. The van der Waals surface area contributed by atoms with Crippen LogP contribution in [-0.2, 0) is 20.7 Å². The molecule has 1 heterocycles. The third-order valence-corrected chi connectivity index (χ3v) is 1.99. The Labute approximate surface area is 87.4 Å². The summed E-state index contributed by atoms with van der Waals surface area (Å²) in [6.45, 7) is 1.80. The summed E-state index contributed by atoms with van der Waals surface area (Å²) in [6, 6.07) is 1.64. The molecule has 0 fully saturated rings. The Balaban J connectivity index is 2.96. The molecule has 1 aromatic rings. The van der Waals surface area contributed by atoms with Crippen molar-refractivity contribution in [2.24, 2.45) is 0 Å². The molecule has 15 heavy (non-hydrogen) atoms. The second-order valence-corrected chi connectivity index (χ2v) is 3.09. The fourth-order valence-electron chi connectivity index (χ4n) is 1.29. The molecule has 1 aromatic heterocycles. The van der Waals surface area contributed by atoms with Gasteiger partial charge in [0.15, 0.2) is 0 Å². The second kappa shape index (κ2) is 4.63. The third kappa shape index (κ3) is 2.59. The summed E-state index contributed by atoms with van der Waals surface area (Å²) in [5.41, 5.74) is 1.70. The molecule has 0 bridgehead atoms. The Morgan fingerprint density at radius 2 is 2.00 bits per heavy atom. The molecule has 0 amide bonds. The average Bonchev–Trinajstić information content (AvgIpc) is 2.58. The first kappa shape index (κ1) is 11.3. The maximum absolute atomic E-state index is 11.3. The summed E-state index contributed by atoms with van der Waals surface area (Å²) in [6.07, 6.45) is 0.0365. The highest BCUT2D eigenvalue weighted by atomic mass is 16.5. The lowest BCUT2D eigenvalue weighted by molar-refractivity contribution is -0.139. The first-order valence-corrected chi connectivity index (χ1v) is 4.42. The largest absolute Gasteiger partial charge is 0.469 e. The van der Waals surface area contributed by atoms with Crippen molar-refractivity contribution in [2.45, 2.75) is 13.3 Å². The Morgan fingerprint density at radius 3 is 2.53 bits per heavy atom. The van der Waals surface area contributed by atoms with Crippen LogP contribution in [0.1, 0.15) is 21.7 Å². The summed E-state index contributed by atoms with van der Waals surface area (Å²) in [5, 5.41) is 0. The van der Waals surface area contributed by atoms with Crippen LogP contribution in [0.4, 0.5) is 0 Å². The molecular formula is C10H13NO4. The highest BCUT2D eigenvalue weighted by Gasteiger charge is 2.17. The zero-order valence-electron chi connectivity index (χ0n) is 8.92. The van der Waals surface area contributed by atoms with E-state index in [1.54, 1.807) is 13.0 Å². The van der Waals surface area contributed by atoms with Crippen molar-refractivity contribution in [3.05, 3.63) is 23.0 Å². The van der Waals surface area contributed by atoms with E-state index in [9.17, 15) is 9.59 Å². The van der Waals surface area contributed by atoms with E-state index in [1.807, 2.05) is 0 Å². The van der Waals surface area contributed by atoms with Gasteiger partial charge >= 0.3 is 11.9 Å². The SMILES string of the molecule is COC(=O)Cc1[nH]c(C)cc1C(=O)OC. The lowest BCUT2D eigenvalue weighted by Gasteiger charge is -2.00. The smallest absolute Gasteiger partial charge is 0.339 e. The summed E-state index contributed by atoms with van der Waals surface area (Å²) >= 11 is 0. The van der Waals surface area contributed by atoms with E-state index < -0.39 is 11.9 Å². The molecule has 0 aromatic carbocycles. The Morgan fingerprint density at radius 1 is 1.33 bits per heavy atom. The predicted octanol–water partition coefficient (Wildman–Crippen LogP) is 0.825. The van der Waals surface area contributed by atoms with Crippen molar-refractivity contribution in [3.8, 4) is 0 Å². The third-order valence-electron chi connectivity index (χ3n) is 1.99. The van der Waals surface area contributed by atoms with Crippen molar-refractivity contribution in [1.29, 1.82) is 0 Å². The Bertz CT molecular complexity index is 381. The second-order valence-electron chi connectivity index (χ2n) is 3.09. The number of hydrogen-bond donors (Lipinski definition) is 1. The molecule has 1 N–H and O–H groups in total. The first-order chi connectivity index (χ1) is 7.08. The monoisotopic (exact) mass is 211 g/mol. The fraction of sp³-hybridized carbons (Fsp3) is 0.400. The number of aromatic nitrogens is 1. The summed E-state index contributed by atoms with van der Waals surface area (Å²) in [5.74, 6) is -0.861.